The number of aromatic nitrogens is 1. The minimum atomic E-state index is -0.166. The van der Waals surface area contributed by atoms with Crippen molar-refractivity contribution in [3.8, 4) is 5.69 Å². The highest BCUT2D eigenvalue weighted by atomic mass is 16.3. The second kappa shape index (κ2) is 9.97. The Balaban J connectivity index is 1.16. The van der Waals surface area contributed by atoms with Gasteiger partial charge in [-0.05, 0) is 53.6 Å². The van der Waals surface area contributed by atoms with Crippen LogP contribution in [-0.4, -0.2) is 10.4 Å². The Morgan fingerprint density at radius 1 is 0.545 bits per heavy atom. The zero-order valence-corrected chi connectivity index (χ0v) is 23.8. The molecule has 6 aromatic carbocycles. The van der Waals surface area contributed by atoms with Crippen LogP contribution in [0.5, 0.6) is 0 Å². The molecule has 2 N–H and O–H groups in total. The summed E-state index contributed by atoms with van der Waals surface area (Å²) >= 11 is 0. The molecule has 3 heterocycles. The van der Waals surface area contributed by atoms with Crippen molar-refractivity contribution in [1.82, 2.24) is 15.2 Å². The first-order chi connectivity index (χ1) is 21.8. The van der Waals surface area contributed by atoms with Crippen LogP contribution < -0.4 is 10.6 Å². The van der Waals surface area contributed by atoms with E-state index in [1.54, 1.807) is 0 Å². The number of rotatable bonds is 4. The van der Waals surface area contributed by atoms with Gasteiger partial charge in [0.25, 0.3) is 0 Å². The molecule has 5 heteroatoms. The lowest BCUT2D eigenvalue weighted by molar-refractivity contribution is 0.409. The van der Waals surface area contributed by atoms with E-state index < -0.39 is 0 Å². The normalized spacial score (nSPS) is 16.9. The van der Waals surface area contributed by atoms with Gasteiger partial charge in [0.05, 0.1) is 11.0 Å². The summed E-state index contributed by atoms with van der Waals surface area (Å²) in [7, 11) is 0. The number of furan rings is 1. The molecular formula is C39H28N4O. The van der Waals surface area contributed by atoms with Crippen LogP contribution in [0.25, 0.3) is 49.4 Å². The summed E-state index contributed by atoms with van der Waals surface area (Å²) in [5, 5.41) is 12.0. The first-order valence-electron chi connectivity index (χ1n) is 15.0. The van der Waals surface area contributed by atoms with Gasteiger partial charge in [0.15, 0.2) is 0 Å². The first kappa shape index (κ1) is 24.9. The fourth-order valence-electron chi connectivity index (χ4n) is 6.56. The van der Waals surface area contributed by atoms with Crippen molar-refractivity contribution < 1.29 is 4.42 Å². The number of aliphatic imine (C=N–C) groups is 1. The number of amidine groups is 1. The van der Waals surface area contributed by atoms with Gasteiger partial charge in [0.2, 0.25) is 0 Å². The molecule has 2 aromatic heterocycles. The SMILES string of the molecule is c1ccc(C2N=C(c3ccc(-n4c5ccccc5c5cc6c(cc54)oc4ccccc46)cc3)NC(c3ccccc3)N2)cc1. The lowest BCUT2D eigenvalue weighted by Crippen LogP contribution is -2.44. The third-order valence-electron chi connectivity index (χ3n) is 8.68. The maximum absolute atomic E-state index is 6.30. The van der Waals surface area contributed by atoms with E-state index in [9.17, 15) is 0 Å². The molecule has 2 unspecified atom stereocenters. The van der Waals surface area contributed by atoms with E-state index in [1.165, 1.54) is 16.3 Å². The Kier molecular flexibility index (Phi) is 5.64. The van der Waals surface area contributed by atoms with Crippen LogP contribution in [-0.2, 0) is 0 Å². The van der Waals surface area contributed by atoms with Gasteiger partial charge in [-0.15, -0.1) is 0 Å². The smallest absolute Gasteiger partial charge is 0.137 e. The van der Waals surface area contributed by atoms with E-state index in [-0.39, 0.29) is 12.3 Å². The van der Waals surface area contributed by atoms with Crippen molar-refractivity contribution in [2.24, 2.45) is 4.99 Å². The summed E-state index contributed by atoms with van der Waals surface area (Å²) < 4.78 is 8.63. The molecule has 0 saturated heterocycles. The Morgan fingerprint density at radius 3 is 2.02 bits per heavy atom. The molecule has 0 saturated carbocycles. The highest BCUT2D eigenvalue weighted by molar-refractivity contribution is 6.17. The molecule has 0 radical (unpaired) electrons. The van der Waals surface area contributed by atoms with Gasteiger partial charge < -0.3 is 14.3 Å². The number of hydrogen-bond donors (Lipinski definition) is 2. The van der Waals surface area contributed by atoms with Gasteiger partial charge >= 0.3 is 0 Å². The predicted molar refractivity (Wildman–Crippen MR) is 179 cm³/mol. The fourth-order valence-corrected chi connectivity index (χ4v) is 6.56. The Hall–Kier alpha value is -5.65. The number of nitrogens with one attached hydrogen (secondary N) is 2. The average molecular weight is 569 g/mol. The molecule has 0 amide bonds. The zero-order valence-electron chi connectivity index (χ0n) is 23.8. The number of fused-ring (bicyclic) bond motifs is 6. The van der Waals surface area contributed by atoms with Crippen molar-refractivity contribution in [3.05, 3.63) is 162 Å². The number of nitrogens with zero attached hydrogens (tertiary/aromatic N) is 2. The summed E-state index contributed by atoms with van der Waals surface area (Å²) in [4.78, 5) is 5.12. The minimum Gasteiger partial charge on any atom is -0.456 e. The van der Waals surface area contributed by atoms with Crippen LogP contribution in [0.3, 0.4) is 0 Å². The molecule has 0 spiro atoms. The van der Waals surface area contributed by atoms with E-state index in [0.29, 0.717) is 0 Å². The molecule has 9 rings (SSSR count). The molecule has 210 valence electrons. The topological polar surface area (TPSA) is 54.5 Å². The van der Waals surface area contributed by atoms with Gasteiger partial charge in [0, 0.05) is 38.9 Å². The van der Waals surface area contributed by atoms with Crippen molar-refractivity contribution in [2.75, 3.05) is 0 Å². The summed E-state index contributed by atoms with van der Waals surface area (Å²) in [5.41, 5.74) is 8.52. The molecule has 8 aromatic rings. The van der Waals surface area contributed by atoms with Crippen molar-refractivity contribution >= 4 is 49.6 Å². The highest BCUT2D eigenvalue weighted by Crippen LogP contribution is 2.38. The molecule has 44 heavy (non-hydrogen) atoms. The van der Waals surface area contributed by atoms with Crippen LogP contribution in [0, 0.1) is 0 Å². The third kappa shape index (κ3) is 4.02. The quantitative estimate of drug-likeness (QED) is 0.223. The van der Waals surface area contributed by atoms with Crippen molar-refractivity contribution in [2.45, 2.75) is 12.3 Å². The van der Waals surface area contributed by atoms with Gasteiger partial charge in [-0.2, -0.15) is 0 Å². The minimum absolute atomic E-state index is 0.0721. The molecule has 0 aliphatic carbocycles. The first-order valence-corrected chi connectivity index (χ1v) is 15.0. The Morgan fingerprint density at radius 2 is 1.23 bits per heavy atom. The van der Waals surface area contributed by atoms with E-state index in [2.05, 4.69) is 137 Å². The van der Waals surface area contributed by atoms with E-state index in [1.807, 2.05) is 24.3 Å². The zero-order chi connectivity index (χ0) is 29.0. The monoisotopic (exact) mass is 568 g/mol. The number of benzene rings is 6. The molecule has 1 aliphatic rings. The summed E-state index contributed by atoms with van der Waals surface area (Å²) in [6.45, 7) is 0. The van der Waals surface area contributed by atoms with Crippen molar-refractivity contribution in [1.29, 1.82) is 0 Å². The predicted octanol–water partition coefficient (Wildman–Crippen LogP) is 9.02. The van der Waals surface area contributed by atoms with Crippen LogP contribution >= 0.6 is 0 Å². The van der Waals surface area contributed by atoms with Gasteiger partial charge in [-0.25, -0.2) is 4.99 Å². The molecule has 1 aliphatic heterocycles. The van der Waals surface area contributed by atoms with Crippen LogP contribution in [0.4, 0.5) is 0 Å². The molecule has 0 fully saturated rings. The maximum Gasteiger partial charge on any atom is 0.137 e. The third-order valence-corrected chi connectivity index (χ3v) is 8.68. The second-order valence-corrected chi connectivity index (χ2v) is 11.3. The van der Waals surface area contributed by atoms with E-state index in [4.69, 9.17) is 9.41 Å². The Bertz CT molecular complexity index is 2330. The van der Waals surface area contributed by atoms with Gasteiger partial charge in [-0.1, -0.05) is 97.1 Å². The van der Waals surface area contributed by atoms with E-state index in [0.717, 1.165) is 55.6 Å². The van der Waals surface area contributed by atoms with Gasteiger partial charge in [0.1, 0.15) is 29.3 Å². The largest absolute Gasteiger partial charge is 0.456 e. The molecule has 5 nitrogen and oxygen atoms in total. The summed E-state index contributed by atoms with van der Waals surface area (Å²) in [6.07, 6.45) is -0.238. The van der Waals surface area contributed by atoms with E-state index >= 15 is 0 Å². The fraction of sp³-hybridized carbons (Fsp3) is 0.0513. The molecule has 0 bridgehead atoms. The standard InChI is InChI=1S/C39H28N4O/c1-3-11-25(12-4-1)37-40-38(26-13-5-2-6-14-26)42-39(41-37)27-19-21-28(22-20-27)43-33-17-9-7-15-29(33)31-23-32-30-16-8-10-18-35(30)44-36(32)24-34(31)43/h1-24,37-38,40H,(H,41,42). The van der Waals surface area contributed by atoms with Crippen molar-refractivity contribution in [3.63, 3.8) is 0 Å². The van der Waals surface area contributed by atoms with Crippen LogP contribution in [0.2, 0.25) is 0 Å². The number of para-hydroxylation sites is 2. The highest BCUT2D eigenvalue weighted by Gasteiger charge is 2.25. The lowest BCUT2D eigenvalue weighted by Gasteiger charge is -2.32. The van der Waals surface area contributed by atoms with Crippen LogP contribution in [0.1, 0.15) is 29.0 Å². The molecular weight excluding hydrogens is 540 g/mol. The molecule has 2 atom stereocenters. The summed E-state index contributed by atoms with van der Waals surface area (Å²) in [5.74, 6) is 0.865. The maximum atomic E-state index is 6.30. The lowest BCUT2D eigenvalue weighted by atomic mass is 10.1. The van der Waals surface area contributed by atoms with Crippen LogP contribution in [0.15, 0.2) is 155 Å². The average Bonchev–Trinajstić information content (AvgIpc) is 3.62. The Labute approximate surface area is 254 Å². The van der Waals surface area contributed by atoms with Gasteiger partial charge in [-0.3, -0.25) is 5.32 Å². The second-order valence-electron chi connectivity index (χ2n) is 11.3. The number of hydrogen-bond acceptors (Lipinski definition) is 4. The summed E-state index contributed by atoms with van der Waals surface area (Å²) in [6, 6.07) is 50.9.